The first-order valence-electron chi connectivity index (χ1n) is 17.2. The quantitative estimate of drug-likeness (QED) is 0.0873. The van der Waals surface area contributed by atoms with Crippen LogP contribution >= 0.6 is 0 Å². The highest BCUT2D eigenvalue weighted by Crippen LogP contribution is 2.15. The first kappa shape index (κ1) is 36.0. The maximum absolute atomic E-state index is 2.59. The topological polar surface area (TPSA) is 3.24 Å². The van der Waals surface area contributed by atoms with Gasteiger partial charge >= 0.3 is 0 Å². The third kappa shape index (κ3) is 32.0. The van der Waals surface area contributed by atoms with Gasteiger partial charge in [-0.05, 0) is 44.8 Å². The Labute approximate surface area is 231 Å². The summed E-state index contributed by atoms with van der Waals surface area (Å²) in [6.07, 6.45) is 37.9. The average Bonchev–Trinajstić information content (AvgIpc) is 2.84. The first-order valence-corrected chi connectivity index (χ1v) is 17.2. The summed E-state index contributed by atoms with van der Waals surface area (Å²) in [6, 6.07) is 0. The lowest BCUT2D eigenvalue weighted by Crippen LogP contribution is -2.20. The molecule has 0 spiro atoms. The molecular weight excluding hydrogens is 434 g/mol. The number of unbranched alkanes of at least 4 members (excludes halogenated alkanes) is 22. The van der Waals surface area contributed by atoms with Gasteiger partial charge in [-0.15, -0.1) is 0 Å². The molecule has 0 aromatic rings. The Bertz CT molecular complexity index is 352. The van der Waals surface area contributed by atoms with Gasteiger partial charge in [0.05, 0.1) is 0 Å². The molecule has 0 amide bonds. The Morgan fingerprint density at radius 2 is 0.500 bits per heavy atom. The minimum atomic E-state index is 0.892. The zero-order valence-electron chi connectivity index (χ0n) is 26.4. The van der Waals surface area contributed by atoms with Crippen molar-refractivity contribution < 1.29 is 0 Å². The van der Waals surface area contributed by atoms with Crippen LogP contribution in [-0.4, -0.2) is 25.0 Å². The molecular formula is C35H73N. The van der Waals surface area contributed by atoms with Crippen LogP contribution < -0.4 is 0 Å². The molecule has 1 heteroatoms. The molecule has 1 nitrogen and oxygen atoms in total. The molecule has 0 unspecified atom stereocenters. The molecule has 0 saturated heterocycles. The van der Waals surface area contributed by atoms with E-state index in [1.807, 2.05) is 0 Å². The number of rotatable bonds is 30. The molecule has 0 aliphatic carbocycles. The third-order valence-electron chi connectivity index (χ3n) is 8.14. The summed E-state index contributed by atoms with van der Waals surface area (Å²) < 4.78 is 0. The molecule has 0 bridgehead atoms. The molecule has 0 aromatic carbocycles. The van der Waals surface area contributed by atoms with Gasteiger partial charge in [0.15, 0.2) is 0 Å². The van der Waals surface area contributed by atoms with E-state index in [1.165, 1.54) is 180 Å². The molecule has 0 saturated carbocycles. The minimum absolute atomic E-state index is 0.892. The van der Waals surface area contributed by atoms with Crippen molar-refractivity contribution in [2.24, 2.45) is 11.8 Å². The highest BCUT2D eigenvalue weighted by molar-refractivity contribution is 4.56. The normalized spacial score (nSPS) is 12.0. The number of hydrogen-bond acceptors (Lipinski definition) is 1. The van der Waals surface area contributed by atoms with E-state index in [9.17, 15) is 0 Å². The number of hydrogen-bond donors (Lipinski definition) is 0. The largest absolute Gasteiger partial charge is 0.306 e. The predicted molar refractivity (Wildman–Crippen MR) is 167 cm³/mol. The molecule has 218 valence electrons. The molecule has 0 N–H and O–H groups in total. The summed E-state index contributed by atoms with van der Waals surface area (Å²) in [6.45, 7) is 12.0. The molecule has 0 aliphatic rings. The zero-order chi connectivity index (χ0) is 26.5. The van der Waals surface area contributed by atoms with Gasteiger partial charge < -0.3 is 4.90 Å². The van der Waals surface area contributed by atoms with Crippen molar-refractivity contribution in [3.63, 3.8) is 0 Å². The Morgan fingerprint density at radius 1 is 0.306 bits per heavy atom. The van der Waals surface area contributed by atoms with Gasteiger partial charge in [-0.1, -0.05) is 182 Å². The second kappa shape index (κ2) is 29.5. The lowest BCUT2D eigenvalue weighted by molar-refractivity contribution is 0.314. The van der Waals surface area contributed by atoms with Crippen molar-refractivity contribution in [3.05, 3.63) is 0 Å². The Morgan fingerprint density at radius 3 is 0.722 bits per heavy atom. The monoisotopic (exact) mass is 508 g/mol. The Kier molecular flexibility index (Phi) is 29.5. The van der Waals surface area contributed by atoms with Crippen molar-refractivity contribution in [3.8, 4) is 0 Å². The summed E-state index contributed by atoms with van der Waals surface area (Å²) in [5, 5.41) is 0. The van der Waals surface area contributed by atoms with Crippen LogP contribution in [0.2, 0.25) is 0 Å². The molecule has 0 heterocycles. The van der Waals surface area contributed by atoms with E-state index in [0.29, 0.717) is 0 Å². The Balaban J connectivity index is 3.15. The summed E-state index contributed by atoms with van der Waals surface area (Å²) in [5.74, 6) is 1.78. The minimum Gasteiger partial charge on any atom is -0.306 e. The lowest BCUT2D eigenvalue weighted by atomic mass is 10.0. The van der Waals surface area contributed by atoms with E-state index in [1.54, 1.807) is 0 Å². The van der Waals surface area contributed by atoms with Crippen molar-refractivity contribution >= 4 is 0 Å². The highest BCUT2D eigenvalue weighted by atomic mass is 15.1. The molecule has 0 rings (SSSR count). The summed E-state index contributed by atoms with van der Waals surface area (Å²) in [7, 11) is 2.34. The fourth-order valence-corrected chi connectivity index (χ4v) is 5.52. The van der Waals surface area contributed by atoms with Gasteiger partial charge in [-0.2, -0.15) is 0 Å². The highest BCUT2D eigenvalue weighted by Gasteiger charge is 2.00. The fraction of sp³-hybridized carbons (Fsp3) is 1.00. The van der Waals surface area contributed by atoms with E-state index in [2.05, 4.69) is 39.6 Å². The molecule has 0 aromatic heterocycles. The predicted octanol–water partition coefficient (Wildman–Crippen LogP) is 12.4. The van der Waals surface area contributed by atoms with Gasteiger partial charge in [0.1, 0.15) is 0 Å². The maximum Gasteiger partial charge on any atom is -0.00218 e. The van der Waals surface area contributed by atoms with Crippen molar-refractivity contribution in [1.29, 1.82) is 0 Å². The van der Waals surface area contributed by atoms with Crippen LogP contribution in [0.3, 0.4) is 0 Å². The maximum atomic E-state index is 2.59. The van der Waals surface area contributed by atoms with Crippen molar-refractivity contribution in [1.82, 2.24) is 4.90 Å². The molecule has 0 radical (unpaired) electrons. The fourth-order valence-electron chi connectivity index (χ4n) is 5.52. The SMILES string of the molecule is CC(C)CCCCCCCCCCCCCCN(C)CCCCCCCCCCCCCCC(C)C. The van der Waals surface area contributed by atoms with E-state index in [-0.39, 0.29) is 0 Å². The van der Waals surface area contributed by atoms with Gasteiger partial charge in [-0.25, -0.2) is 0 Å². The van der Waals surface area contributed by atoms with Gasteiger partial charge in [-0.3, -0.25) is 0 Å². The van der Waals surface area contributed by atoms with E-state index in [0.717, 1.165) is 11.8 Å². The van der Waals surface area contributed by atoms with Gasteiger partial charge in [0.2, 0.25) is 0 Å². The average molecular weight is 508 g/mol. The van der Waals surface area contributed by atoms with Gasteiger partial charge in [0, 0.05) is 0 Å². The third-order valence-corrected chi connectivity index (χ3v) is 8.14. The van der Waals surface area contributed by atoms with Crippen LogP contribution in [0, 0.1) is 11.8 Å². The summed E-state index contributed by atoms with van der Waals surface area (Å²) >= 11 is 0. The first-order chi connectivity index (χ1) is 17.5. The second-order valence-electron chi connectivity index (χ2n) is 13.2. The number of nitrogens with zero attached hydrogens (tertiary/aromatic N) is 1. The van der Waals surface area contributed by atoms with Crippen molar-refractivity contribution in [2.45, 2.75) is 195 Å². The van der Waals surface area contributed by atoms with E-state index in [4.69, 9.17) is 0 Å². The second-order valence-corrected chi connectivity index (χ2v) is 13.2. The van der Waals surface area contributed by atoms with Crippen LogP contribution in [-0.2, 0) is 0 Å². The van der Waals surface area contributed by atoms with E-state index >= 15 is 0 Å². The molecule has 0 fully saturated rings. The van der Waals surface area contributed by atoms with Crippen molar-refractivity contribution in [2.75, 3.05) is 20.1 Å². The van der Waals surface area contributed by atoms with Crippen LogP contribution in [0.1, 0.15) is 195 Å². The zero-order valence-corrected chi connectivity index (χ0v) is 26.4. The molecule has 0 atom stereocenters. The lowest BCUT2D eigenvalue weighted by Gasteiger charge is -2.16. The summed E-state index contributed by atoms with van der Waals surface area (Å²) in [5.41, 5.74) is 0. The standard InChI is InChI=1S/C35H73N/c1-34(2)30-26-22-18-14-10-6-8-12-16-20-24-28-32-36(5)33-29-25-21-17-13-9-7-11-15-19-23-27-31-35(3)4/h34-35H,6-33H2,1-5H3. The van der Waals surface area contributed by atoms with Crippen LogP contribution in [0.4, 0.5) is 0 Å². The smallest absolute Gasteiger partial charge is 0.00218 e. The Hall–Kier alpha value is -0.0400. The van der Waals surface area contributed by atoms with Gasteiger partial charge in [0.25, 0.3) is 0 Å². The molecule has 0 aliphatic heterocycles. The molecule has 36 heavy (non-hydrogen) atoms. The van der Waals surface area contributed by atoms with Crippen LogP contribution in [0.15, 0.2) is 0 Å². The van der Waals surface area contributed by atoms with Crippen LogP contribution in [0.25, 0.3) is 0 Å². The van der Waals surface area contributed by atoms with Crippen LogP contribution in [0.5, 0.6) is 0 Å². The summed E-state index contributed by atoms with van der Waals surface area (Å²) in [4.78, 5) is 2.59. The van der Waals surface area contributed by atoms with E-state index < -0.39 is 0 Å².